The first kappa shape index (κ1) is 19.1. The summed E-state index contributed by atoms with van der Waals surface area (Å²) in [6, 6.07) is 1.47. The second kappa shape index (κ2) is 7.15. The number of hydrogen-bond donors (Lipinski definition) is 3. The quantitative estimate of drug-likeness (QED) is 0.693. The lowest BCUT2D eigenvalue weighted by Crippen LogP contribution is -2.55. The highest BCUT2D eigenvalue weighted by Gasteiger charge is 2.48. The third-order valence-electron chi connectivity index (χ3n) is 5.39. The average Bonchev–Trinajstić information content (AvgIpc) is 3.00. The van der Waals surface area contributed by atoms with Gasteiger partial charge in [0.15, 0.2) is 5.65 Å². The number of hydrogen-bond acceptors (Lipinski definition) is 6. The number of carboxylic acids is 2. The molecule has 0 saturated carbocycles. The molecule has 3 N–H and O–H groups in total. The number of aliphatic hydroxyl groups is 1. The molecule has 0 bridgehead atoms. The molecule has 27 heavy (non-hydrogen) atoms. The summed E-state index contributed by atoms with van der Waals surface area (Å²) in [6.45, 7) is 5.00. The molecule has 2 atom stereocenters. The van der Waals surface area contributed by atoms with E-state index in [1.54, 1.807) is 0 Å². The van der Waals surface area contributed by atoms with Crippen LogP contribution in [0.3, 0.4) is 0 Å². The van der Waals surface area contributed by atoms with E-state index in [0.29, 0.717) is 49.5 Å². The number of fused-ring (bicyclic) bond motifs is 1. The van der Waals surface area contributed by atoms with Crippen molar-refractivity contribution < 1.29 is 24.9 Å². The van der Waals surface area contributed by atoms with E-state index in [0.717, 1.165) is 0 Å². The normalized spacial score (nSPS) is 22.9. The fourth-order valence-electron chi connectivity index (χ4n) is 3.90. The first-order valence-electron chi connectivity index (χ1n) is 9.10. The number of pyridine rings is 1. The van der Waals surface area contributed by atoms with Crippen molar-refractivity contribution in [3.63, 3.8) is 0 Å². The lowest BCUT2D eigenvalue weighted by Gasteiger charge is -2.43. The van der Waals surface area contributed by atoms with Crippen LogP contribution in [0.15, 0.2) is 12.3 Å². The first-order chi connectivity index (χ1) is 12.8. The van der Waals surface area contributed by atoms with Gasteiger partial charge in [-0.05, 0) is 25.8 Å². The molecule has 0 radical (unpaired) electrons. The second-order valence-corrected chi connectivity index (χ2v) is 6.95. The van der Waals surface area contributed by atoms with Crippen LogP contribution in [0.25, 0.3) is 11.2 Å². The minimum absolute atomic E-state index is 0.0568. The fourth-order valence-corrected chi connectivity index (χ4v) is 3.90. The number of aliphatic hydroxyl groups excluding tert-OH is 1. The Morgan fingerprint density at radius 3 is 2.63 bits per heavy atom. The summed E-state index contributed by atoms with van der Waals surface area (Å²) < 4.78 is 1.85. The van der Waals surface area contributed by atoms with Crippen LogP contribution in [0.2, 0.25) is 0 Å². The molecule has 3 heterocycles. The molecule has 3 rings (SSSR count). The Morgan fingerprint density at radius 2 is 2.07 bits per heavy atom. The highest BCUT2D eigenvalue weighted by atomic mass is 16.4. The van der Waals surface area contributed by atoms with Crippen molar-refractivity contribution in [2.24, 2.45) is 5.41 Å². The van der Waals surface area contributed by atoms with E-state index < -0.39 is 23.5 Å². The van der Waals surface area contributed by atoms with Crippen LogP contribution in [-0.2, 0) is 11.3 Å². The molecule has 0 aliphatic carbocycles. The van der Waals surface area contributed by atoms with Crippen LogP contribution in [0, 0.1) is 5.41 Å². The Kier molecular flexibility index (Phi) is 5.05. The van der Waals surface area contributed by atoms with Crippen molar-refractivity contribution in [2.45, 2.75) is 45.8 Å². The van der Waals surface area contributed by atoms with Gasteiger partial charge in [-0.2, -0.15) is 0 Å². The molecule has 1 aliphatic rings. The number of aromatic nitrogens is 3. The number of nitrogens with zero attached hydrogens (tertiary/aromatic N) is 4. The highest BCUT2D eigenvalue weighted by molar-refractivity contribution is 5.91. The van der Waals surface area contributed by atoms with Gasteiger partial charge in [-0.15, -0.1) is 0 Å². The van der Waals surface area contributed by atoms with Gasteiger partial charge in [0.25, 0.3) is 0 Å². The number of anilines is 1. The summed E-state index contributed by atoms with van der Waals surface area (Å²) in [5.41, 5.74) is -0.0509. The molecular weight excluding hydrogens is 352 g/mol. The van der Waals surface area contributed by atoms with E-state index in [2.05, 4.69) is 9.97 Å². The van der Waals surface area contributed by atoms with Crippen LogP contribution >= 0.6 is 0 Å². The minimum Gasteiger partial charge on any atom is -0.481 e. The monoisotopic (exact) mass is 376 g/mol. The van der Waals surface area contributed by atoms with Crippen LogP contribution in [0.5, 0.6) is 0 Å². The Bertz CT molecular complexity index is 880. The maximum atomic E-state index is 11.8. The largest absolute Gasteiger partial charge is 0.481 e. The third-order valence-corrected chi connectivity index (χ3v) is 5.39. The van der Waals surface area contributed by atoms with Gasteiger partial charge >= 0.3 is 11.9 Å². The lowest BCUT2D eigenvalue weighted by atomic mass is 9.73. The smallest absolute Gasteiger partial charge is 0.337 e. The maximum Gasteiger partial charge on any atom is 0.337 e. The maximum absolute atomic E-state index is 11.8. The van der Waals surface area contributed by atoms with E-state index in [-0.39, 0.29) is 12.1 Å². The van der Waals surface area contributed by atoms with Gasteiger partial charge in [-0.1, -0.05) is 13.3 Å². The second-order valence-electron chi connectivity index (χ2n) is 6.95. The molecule has 1 aliphatic heterocycles. The Morgan fingerprint density at radius 1 is 1.33 bits per heavy atom. The van der Waals surface area contributed by atoms with E-state index >= 15 is 0 Å². The van der Waals surface area contributed by atoms with Crippen molar-refractivity contribution >= 4 is 29.1 Å². The number of piperidine rings is 1. The first-order valence-corrected chi connectivity index (χ1v) is 9.10. The molecule has 0 unspecified atom stereocenters. The molecule has 9 nitrogen and oxygen atoms in total. The molecule has 9 heteroatoms. The summed E-state index contributed by atoms with van der Waals surface area (Å²) in [5, 5.41) is 29.5. The summed E-state index contributed by atoms with van der Waals surface area (Å²) in [6.07, 6.45) is 1.70. The predicted molar refractivity (Wildman–Crippen MR) is 98.0 cm³/mol. The van der Waals surface area contributed by atoms with Crippen molar-refractivity contribution in [3.05, 3.63) is 17.8 Å². The zero-order valence-corrected chi connectivity index (χ0v) is 15.4. The molecule has 1 saturated heterocycles. The number of imidazole rings is 1. The van der Waals surface area contributed by atoms with Gasteiger partial charge in [-0.3, -0.25) is 9.36 Å². The van der Waals surface area contributed by atoms with Crippen molar-refractivity contribution in [1.29, 1.82) is 0 Å². The zero-order chi connectivity index (χ0) is 19.8. The molecule has 1 fully saturated rings. The summed E-state index contributed by atoms with van der Waals surface area (Å²) >= 11 is 0. The average molecular weight is 376 g/mol. The van der Waals surface area contributed by atoms with Crippen molar-refractivity contribution in [1.82, 2.24) is 14.5 Å². The number of aromatic carboxylic acids is 1. The number of β-amino-alcohol motifs (C(OH)–C–C–N with tert-alkyl or cyclic N) is 1. The zero-order valence-electron chi connectivity index (χ0n) is 15.4. The number of carbonyl (C=O) groups is 2. The number of rotatable bonds is 6. The molecule has 2 aromatic rings. The van der Waals surface area contributed by atoms with E-state index in [9.17, 15) is 19.8 Å². The lowest BCUT2D eigenvalue weighted by molar-refractivity contribution is -0.159. The molecular formula is C18H24N4O5. The van der Waals surface area contributed by atoms with Gasteiger partial charge in [0.2, 0.25) is 5.95 Å². The van der Waals surface area contributed by atoms with Crippen molar-refractivity contribution in [2.75, 3.05) is 18.0 Å². The Hall–Kier alpha value is -2.68. The fraction of sp³-hybridized carbons (Fsp3) is 0.556. The van der Waals surface area contributed by atoms with Crippen LogP contribution < -0.4 is 4.90 Å². The summed E-state index contributed by atoms with van der Waals surface area (Å²) in [7, 11) is 0. The van der Waals surface area contributed by atoms with Crippen LogP contribution in [0.4, 0.5) is 5.95 Å². The van der Waals surface area contributed by atoms with E-state index in [1.807, 2.05) is 23.3 Å². The SMILES string of the molecule is CCC[C@]1(C(=O)O)CCN(c2nc3cc(C(=O)O)cnc3n2CC)C[C@@H]1O. The number of carboxylic acid groups (broad SMARTS) is 2. The van der Waals surface area contributed by atoms with Crippen LogP contribution in [-0.4, -0.2) is 61.0 Å². The van der Waals surface area contributed by atoms with Gasteiger partial charge in [0.1, 0.15) is 5.52 Å². The molecule has 2 aromatic heterocycles. The summed E-state index contributed by atoms with van der Waals surface area (Å²) in [5.74, 6) is -1.47. The molecule has 0 amide bonds. The van der Waals surface area contributed by atoms with E-state index in [1.165, 1.54) is 12.3 Å². The minimum atomic E-state index is -1.14. The van der Waals surface area contributed by atoms with Gasteiger partial charge in [-0.25, -0.2) is 14.8 Å². The van der Waals surface area contributed by atoms with Gasteiger partial charge in [0, 0.05) is 25.8 Å². The summed E-state index contributed by atoms with van der Waals surface area (Å²) in [4.78, 5) is 33.6. The Balaban J connectivity index is 1.96. The van der Waals surface area contributed by atoms with Crippen molar-refractivity contribution in [3.8, 4) is 0 Å². The predicted octanol–water partition coefficient (Wildman–Crippen LogP) is 1.59. The topological polar surface area (TPSA) is 129 Å². The molecule has 146 valence electrons. The number of aryl methyl sites for hydroxylation is 1. The van der Waals surface area contributed by atoms with Gasteiger partial charge in [0.05, 0.1) is 17.1 Å². The van der Waals surface area contributed by atoms with E-state index in [4.69, 9.17) is 5.11 Å². The van der Waals surface area contributed by atoms with Crippen LogP contribution in [0.1, 0.15) is 43.5 Å². The highest BCUT2D eigenvalue weighted by Crippen LogP contribution is 2.38. The molecule has 0 spiro atoms. The van der Waals surface area contributed by atoms with Gasteiger partial charge < -0.3 is 20.2 Å². The Labute approximate surface area is 156 Å². The number of aliphatic carboxylic acids is 1. The standard InChI is InChI=1S/C18H24N4O5/c1-3-5-18(16(26)27)6-7-21(10-13(18)23)17-20-12-8-11(15(24)25)9-19-14(12)22(17)4-2/h8-9,13,23H,3-7,10H2,1-2H3,(H,24,25)(H,26,27)/t13-,18-/m0/s1. The third kappa shape index (κ3) is 3.12. The molecule has 0 aromatic carbocycles.